The third kappa shape index (κ3) is 10.6. The fourth-order valence-corrected chi connectivity index (χ4v) is 3.63. The molecule has 0 atom stereocenters. The molecule has 0 aromatic heterocycles. The van der Waals surface area contributed by atoms with Gasteiger partial charge in [-0.05, 0) is 71.8 Å². The van der Waals surface area contributed by atoms with Gasteiger partial charge in [0.05, 0.1) is 0 Å². The van der Waals surface area contributed by atoms with E-state index in [0.29, 0.717) is 6.42 Å². The van der Waals surface area contributed by atoms with Crippen molar-refractivity contribution in [1.82, 2.24) is 9.80 Å². The van der Waals surface area contributed by atoms with Gasteiger partial charge in [0.2, 0.25) is 0 Å². The van der Waals surface area contributed by atoms with E-state index in [1.54, 1.807) is 0 Å². The lowest BCUT2D eigenvalue weighted by Crippen LogP contribution is -2.30. The van der Waals surface area contributed by atoms with E-state index in [9.17, 15) is 0 Å². The van der Waals surface area contributed by atoms with Crippen LogP contribution in [0.3, 0.4) is 0 Å². The SMILES string of the molecule is CN(C)C.CN(C)C.OB(O)OCCCC(c1ccccc1)(c1ccccc1)c1ccccc1. The summed E-state index contributed by atoms with van der Waals surface area (Å²) in [5.74, 6) is 0. The summed E-state index contributed by atoms with van der Waals surface area (Å²) in [7, 11) is 10.3. The fourth-order valence-electron chi connectivity index (χ4n) is 3.63. The van der Waals surface area contributed by atoms with Gasteiger partial charge in [0, 0.05) is 12.0 Å². The maximum absolute atomic E-state index is 8.97. The third-order valence-electron chi connectivity index (χ3n) is 4.76. The normalized spacial score (nSPS) is 10.8. The Labute approximate surface area is 206 Å². The number of benzene rings is 3. The van der Waals surface area contributed by atoms with Crippen molar-refractivity contribution in [1.29, 1.82) is 0 Å². The van der Waals surface area contributed by atoms with Crippen LogP contribution in [-0.4, -0.2) is 76.1 Å². The molecule has 0 unspecified atom stereocenters. The van der Waals surface area contributed by atoms with Crippen molar-refractivity contribution in [2.24, 2.45) is 0 Å². The van der Waals surface area contributed by atoms with E-state index in [1.807, 2.05) is 70.3 Å². The Hall–Kier alpha value is -2.48. The van der Waals surface area contributed by atoms with Gasteiger partial charge in [-0.1, -0.05) is 91.0 Å². The first-order valence-corrected chi connectivity index (χ1v) is 11.6. The average Bonchev–Trinajstić information content (AvgIpc) is 2.80. The first kappa shape index (κ1) is 29.6. The fraction of sp³-hybridized carbons (Fsp3) is 0.357. The second-order valence-corrected chi connectivity index (χ2v) is 8.99. The maximum Gasteiger partial charge on any atom is 0.633 e. The first-order valence-electron chi connectivity index (χ1n) is 11.6. The lowest BCUT2D eigenvalue weighted by Gasteiger charge is -2.36. The molecule has 0 amide bonds. The summed E-state index contributed by atoms with van der Waals surface area (Å²) in [5.41, 5.74) is 3.30. The summed E-state index contributed by atoms with van der Waals surface area (Å²) < 4.78 is 4.96. The molecule has 0 aliphatic rings. The zero-order valence-electron chi connectivity index (χ0n) is 21.6. The molecule has 6 heteroatoms. The monoisotopic (exact) mass is 464 g/mol. The van der Waals surface area contributed by atoms with E-state index in [2.05, 4.69) is 72.8 Å². The molecule has 3 aromatic carbocycles. The van der Waals surface area contributed by atoms with Crippen LogP contribution in [0.2, 0.25) is 0 Å². The molecule has 0 fully saturated rings. The second-order valence-electron chi connectivity index (χ2n) is 8.99. The van der Waals surface area contributed by atoms with Crippen molar-refractivity contribution >= 4 is 7.32 Å². The van der Waals surface area contributed by atoms with E-state index in [-0.39, 0.29) is 12.0 Å². The molecule has 3 rings (SSSR count). The Morgan fingerprint density at radius 2 is 0.912 bits per heavy atom. The van der Waals surface area contributed by atoms with Gasteiger partial charge in [-0.3, -0.25) is 0 Å². The Balaban J connectivity index is 0.000000629. The number of rotatable bonds is 8. The highest BCUT2D eigenvalue weighted by Gasteiger charge is 2.35. The van der Waals surface area contributed by atoms with Gasteiger partial charge in [-0.2, -0.15) is 0 Å². The van der Waals surface area contributed by atoms with Gasteiger partial charge < -0.3 is 24.5 Å². The quantitative estimate of drug-likeness (QED) is 0.298. The molecule has 0 heterocycles. The largest absolute Gasteiger partial charge is 0.633 e. The molecular formula is C28H41BN2O3. The number of nitrogens with zero attached hydrogens (tertiary/aromatic N) is 2. The molecular weight excluding hydrogens is 423 g/mol. The minimum atomic E-state index is -1.73. The average molecular weight is 464 g/mol. The smallest absolute Gasteiger partial charge is 0.402 e. The summed E-state index contributed by atoms with van der Waals surface area (Å²) in [6, 6.07) is 31.4. The predicted molar refractivity (Wildman–Crippen MR) is 144 cm³/mol. The lowest BCUT2D eigenvalue weighted by molar-refractivity contribution is 0.179. The molecule has 0 aliphatic heterocycles. The zero-order valence-corrected chi connectivity index (χ0v) is 21.6. The van der Waals surface area contributed by atoms with Gasteiger partial charge in [0.25, 0.3) is 0 Å². The van der Waals surface area contributed by atoms with Crippen molar-refractivity contribution in [3.05, 3.63) is 108 Å². The number of hydrogen-bond acceptors (Lipinski definition) is 5. The third-order valence-corrected chi connectivity index (χ3v) is 4.76. The van der Waals surface area contributed by atoms with Crippen LogP contribution in [0.25, 0.3) is 0 Å². The zero-order chi connectivity index (χ0) is 25.4. The van der Waals surface area contributed by atoms with E-state index < -0.39 is 7.32 Å². The first-order chi connectivity index (χ1) is 16.2. The number of hydrogen-bond donors (Lipinski definition) is 2. The summed E-state index contributed by atoms with van der Waals surface area (Å²) in [6.45, 7) is 0.284. The Kier molecular flexibility index (Phi) is 14.1. The molecule has 0 aliphatic carbocycles. The van der Waals surface area contributed by atoms with Crippen LogP contribution in [-0.2, 0) is 10.1 Å². The standard InChI is InChI=1S/C22H23BO3.2C3H9N/c24-23(25)26-18-10-17-22(19-11-4-1-5-12-19,20-13-6-2-7-14-20)21-15-8-3-9-16-21;2*1-4(2)3/h1-9,11-16,24-25H,10,17-18H2;2*1-3H3. The Bertz CT molecular complexity index is 768. The van der Waals surface area contributed by atoms with E-state index >= 15 is 0 Å². The van der Waals surface area contributed by atoms with E-state index in [4.69, 9.17) is 14.7 Å². The van der Waals surface area contributed by atoms with Crippen LogP contribution in [0.15, 0.2) is 91.0 Å². The molecule has 0 spiro atoms. The lowest BCUT2D eigenvalue weighted by atomic mass is 9.67. The van der Waals surface area contributed by atoms with Crippen molar-refractivity contribution in [3.8, 4) is 0 Å². The van der Waals surface area contributed by atoms with Crippen molar-refractivity contribution in [2.45, 2.75) is 18.3 Å². The molecule has 0 bridgehead atoms. The van der Waals surface area contributed by atoms with Gasteiger partial charge >= 0.3 is 7.32 Å². The highest BCUT2D eigenvalue weighted by Crippen LogP contribution is 2.42. The summed E-state index contributed by atoms with van der Waals surface area (Å²) in [6.07, 6.45) is 1.48. The minimum Gasteiger partial charge on any atom is -0.402 e. The van der Waals surface area contributed by atoms with Crippen molar-refractivity contribution < 1.29 is 14.7 Å². The molecule has 0 saturated carbocycles. The highest BCUT2D eigenvalue weighted by atomic mass is 16.6. The molecule has 184 valence electrons. The van der Waals surface area contributed by atoms with Crippen LogP contribution >= 0.6 is 0 Å². The molecule has 34 heavy (non-hydrogen) atoms. The van der Waals surface area contributed by atoms with Gasteiger partial charge in [-0.25, -0.2) is 0 Å². The summed E-state index contributed by atoms with van der Waals surface area (Å²) in [4.78, 5) is 4.00. The topological polar surface area (TPSA) is 56.2 Å². The highest BCUT2D eigenvalue weighted by molar-refractivity contribution is 6.32. The van der Waals surface area contributed by atoms with Gasteiger partial charge in [-0.15, -0.1) is 0 Å². The van der Waals surface area contributed by atoms with Crippen molar-refractivity contribution in [3.63, 3.8) is 0 Å². The molecule has 0 saturated heterocycles. The van der Waals surface area contributed by atoms with Crippen LogP contribution in [0, 0.1) is 0 Å². The van der Waals surface area contributed by atoms with Crippen LogP contribution in [0.4, 0.5) is 0 Å². The molecule has 3 aromatic rings. The second kappa shape index (κ2) is 16.2. The van der Waals surface area contributed by atoms with E-state index in [1.165, 1.54) is 16.7 Å². The van der Waals surface area contributed by atoms with Gasteiger partial charge in [0.1, 0.15) is 0 Å². The molecule has 0 radical (unpaired) electrons. The van der Waals surface area contributed by atoms with Crippen molar-refractivity contribution in [2.75, 3.05) is 48.9 Å². The molecule has 2 N–H and O–H groups in total. The Morgan fingerprint density at radius 1 is 0.618 bits per heavy atom. The maximum atomic E-state index is 8.97. The molecule has 5 nitrogen and oxygen atoms in total. The van der Waals surface area contributed by atoms with Crippen LogP contribution in [0.1, 0.15) is 29.5 Å². The van der Waals surface area contributed by atoms with Crippen LogP contribution in [0.5, 0.6) is 0 Å². The summed E-state index contributed by atoms with van der Waals surface area (Å²) >= 11 is 0. The minimum absolute atomic E-state index is 0.284. The Morgan fingerprint density at radius 3 is 1.18 bits per heavy atom. The van der Waals surface area contributed by atoms with Crippen LogP contribution < -0.4 is 0 Å². The van der Waals surface area contributed by atoms with Gasteiger partial charge in [0.15, 0.2) is 0 Å². The predicted octanol–water partition coefficient (Wildman–Crippen LogP) is 4.14. The van der Waals surface area contributed by atoms with E-state index in [0.717, 1.165) is 6.42 Å². The summed E-state index contributed by atoms with van der Waals surface area (Å²) in [5, 5.41) is 17.9.